The highest BCUT2D eigenvalue weighted by atomic mass is 16.2. The molecule has 0 aromatic rings. The first-order valence-electron chi connectivity index (χ1n) is 7.92. The predicted molar refractivity (Wildman–Crippen MR) is 81.5 cm³/mol. The van der Waals surface area contributed by atoms with Crippen LogP contribution in [0, 0.1) is 11.8 Å². The molecule has 0 aromatic heterocycles. The molecule has 2 saturated heterocycles. The number of amides is 2. The third-order valence-electron chi connectivity index (χ3n) is 4.21. The molecular weight excluding hydrogens is 266 g/mol. The molecule has 0 radical (unpaired) electrons. The highest BCUT2D eigenvalue weighted by Gasteiger charge is 2.23. The van der Waals surface area contributed by atoms with Gasteiger partial charge in [0.1, 0.15) is 0 Å². The van der Waals surface area contributed by atoms with Gasteiger partial charge in [0.05, 0.1) is 6.54 Å². The summed E-state index contributed by atoms with van der Waals surface area (Å²) in [5.74, 6) is 5.35. The highest BCUT2D eigenvalue weighted by Crippen LogP contribution is 2.10. The Balaban J connectivity index is 1.75. The smallest absolute Gasteiger partial charge is 0.298 e. The van der Waals surface area contributed by atoms with Crippen LogP contribution in [0.4, 0.5) is 0 Å². The van der Waals surface area contributed by atoms with Crippen LogP contribution >= 0.6 is 0 Å². The summed E-state index contributed by atoms with van der Waals surface area (Å²) >= 11 is 0. The molecule has 0 N–H and O–H groups in total. The summed E-state index contributed by atoms with van der Waals surface area (Å²) in [5.41, 5.74) is 0. The van der Waals surface area contributed by atoms with Crippen LogP contribution in [0.25, 0.3) is 0 Å². The molecule has 2 amide bonds. The normalized spacial score (nSPS) is 20.4. The lowest BCUT2D eigenvalue weighted by molar-refractivity contribution is -0.133. The largest absolute Gasteiger partial charge is 0.342 e. The molecule has 2 aliphatic heterocycles. The lowest BCUT2D eigenvalue weighted by Crippen LogP contribution is -2.51. The maximum atomic E-state index is 12.3. The molecule has 0 bridgehead atoms. The third kappa shape index (κ3) is 4.75. The molecule has 0 atom stereocenters. The zero-order valence-corrected chi connectivity index (χ0v) is 12.9. The van der Waals surface area contributed by atoms with Crippen LogP contribution in [0.15, 0.2) is 0 Å². The van der Waals surface area contributed by atoms with Crippen LogP contribution < -0.4 is 0 Å². The van der Waals surface area contributed by atoms with Crippen LogP contribution in [-0.2, 0) is 9.59 Å². The van der Waals surface area contributed by atoms with Crippen molar-refractivity contribution >= 4 is 11.8 Å². The number of hydrogen-bond donors (Lipinski definition) is 0. The summed E-state index contributed by atoms with van der Waals surface area (Å²) in [5, 5.41) is 0. The van der Waals surface area contributed by atoms with Crippen LogP contribution in [-0.4, -0.2) is 72.3 Å². The van der Waals surface area contributed by atoms with E-state index in [2.05, 4.69) is 16.7 Å². The van der Waals surface area contributed by atoms with Crippen LogP contribution in [0.2, 0.25) is 0 Å². The minimum Gasteiger partial charge on any atom is -0.342 e. The summed E-state index contributed by atoms with van der Waals surface area (Å²) in [6.45, 7) is 6.83. The number of nitrogens with zero attached hydrogens (tertiary/aromatic N) is 3. The number of hydrogen-bond acceptors (Lipinski definition) is 3. The Labute approximate surface area is 127 Å². The molecular formula is C16H25N3O2. The topological polar surface area (TPSA) is 43.9 Å². The van der Waals surface area contributed by atoms with Crippen LogP contribution in [0.1, 0.15) is 32.6 Å². The fraction of sp³-hybridized carbons (Fsp3) is 0.750. The minimum atomic E-state index is -0.101. The monoisotopic (exact) mass is 291 g/mol. The Kier molecular flexibility index (Phi) is 6.06. The summed E-state index contributed by atoms with van der Waals surface area (Å²) in [6.07, 6.45) is 4.74. The molecule has 0 aliphatic carbocycles. The molecule has 21 heavy (non-hydrogen) atoms. The zero-order chi connectivity index (χ0) is 15.1. The van der Waals surface area contributed by atoms with E-state index in [-0.39, 0.29) is 11.8 Å². The average Bonchev–Trinajstić information content (AvgIpc) is 2.77. The van der Waals surface area contributed by atoms with Crippen molar-refractivity contribution in [1.82, 2.24) is 14.7 Å². The van der Waals surface area contributed by atoms with Gasteiger partial charge in [-0.05, 0) is 25.7 Å². The van der Waals surface area contributed by atoms with Crippen molar-refractivity contribution in [2.45, 2.75) is 32.6 Å². The third-order valence-corrected chi connectivity index (χ3v) is 4.21. The molecule has 116 valence electrons. The fourth-order valence-corrected chi connectivity index (χ4v) is 2.91. The Hall–Kier alpha value is -1.54. The van der Waals surface area contributed by atoms with E-state index in [1.807, 2.05) is 4.90 Å². The van der Waals surface area contributed by atoms with Gasteiger partial charge in [0.25, 0.3) is 5.91 Å². The Bertz CT molecular complexity index is 423. The van der Waals surface area contributed by atoms with Crippen molar-refractivity contribution < 1.29 is 9.59 Å². The van der Waals surface area contributed by atoms with E-state index < -0.39 is 0 Å². The van der Waals surface area contributed by atoms with Crippen molar-refractivity contribution in [3.05, 3.63) is 0 Å². The summed E-state index contributed by atoms with van der Waals surface area (Å²) < 4.78 is 0. The van der Waals surface area contributed by atoms with Crippen molar-refractivity contribution in [1.29, 1.82) is 0 Å². The SMILES string of the molecule is CC#CC(=O)N1CCN(CC(=O)N2CCCCCC2)CC1. The second-order valence-corrected chi connectivity index (χ2v) is 5.74. The number of carbonyl (C=O) groups is 2. The van der Waals surface area contributed by atoms with Crippen molar-refractivity contribution in [3.63, 3.8) is 0 Å². The van der Waals surface area contributed by atoms with E-state index in [0.717, 1.165) is 39.0 Å². The van der Waals surface area contributed by atoms with E-state index >= 15 is 0 Å². The first-order chi connectivity index (χ1) is 10.2. The second-order valence-electron chi connectivity index (χ2n) is 5.74. The van der Waals surface area contributed by atoms with Gasteiger partial charge in [-0.25, -0.2) is 0 Å². The van der Waals surface area contributed by atoms with E-state index in [1.54, 1.807) is 11.8 Å². The van der Waals surface area contributed by atoms with Gasteiger partial charge in [-0.3, -0.25) is 14.5 Å². The first-order valence-corrected chi connectivity index (χ1v) is 7.92. The summed E-state index contributed by atoms with van der Waals surface area (Å²) in [6, 6.07) is 0. The first kappa shape index (κ1) is 15.8. The lowest BCUT2D eigenvalue weighted by atomic mass is 10.2. The minimum absolute atomic E-state index is 0.101. The number of likely N-dealkylation sites (tertiary alicyclic amines) is 1. The van der Waals surface area contributed by atoms with E-state index in [4.69, 9.17) is 0 Å². The van der Waals surface area contributed by atoms with Gasteiger partial charge in [0.2, 0.25) is 5.91 Å². The molecule has 0 aromatic carbocycles. The molecule has 2 fully saturated rings. The zero-order valence-electron chi connectivity index (χ0n) is 12.9. The summed E-state index contributed by atoms with van der Waals surface area (Å²) in [4.78, 5) is 29.9. The van der Waals surface area contributed by atoms with Crippen molar-refractivity contribution in [2.75, 3.05) is 45.8 Å². The number of piperazine rings is 1. The van der Waals surface area contributed by atoms with Crippen LogP contribution in [0.5, 0.6) is 0 Å². The van der Waals surface area contributed by atoms with Crippen molar-refractivity contribution in [2.24, 2.45) is 0 Å². The van der Waals surface area contributed by atoms with Gasteiger partial charge in [-0.2, -0.15) is 0 Å². The molecule has 2 rings (SSSR count). The molecule has 0 spiro atoms. The number of rotatable bonds is 2. The molecule has 5 heteroatoms. The molecule has 0 unspecified atom stereocenters. The lowest BCUT2D eigenvalue weighted by Gasteiger charge is -2.34. The van der Waals surface area contributed by atoms with Crippen LogP contribution in [0.3, 0.4) is 0 Å². The highest BCUT2D eigenvalue weighted by molar-refractivity contribution is 5.93. The Morgan fingerprint density at radius 1 is 0.857 bits per heavy atom. The second kappa shape index (κ2) is 8.04. The predicted octanol–water partition coefficient (Wildman–Crippen LogP) is 0.557. The maximum absolute atomic E-state index is 12.3. The van der Waals surface area contributed by atoms with Gasteiger partial charge in [0.15, 0.2) is 0 Å². The van der Waals surface area contributed by atoms with E-state index in [0.29, 0.717) is 19.6 Å². The molecule has 0 saturated carbocycles. The van der Waals surface area contributed by atoms with E-state index in [9.17, 15) is 9.59 Å². The Morgan fingerprint density at radius 3 is 2.05 bits per heavy atom. The number of carbonyl (C=O) groups excluding carboxylic acids is 2. The fourth-order valence-electron chi connectivity index (χ4n) is 2.91. The average molecular weight is 291 g/mol. The molecule has 2 aliphatic rings. The molecule has 5 nitrogen and oxygen atoms in total. The molecule has 2 heterocycles. The standard InChI is InChI=1S/C16H25N3O2/c1-2-7-15(20)19-12-10-17(11-13-19)14-16(21)18-8-5-3-4-6-9-18/h3-6,8-14H2,1H3. The van der Waals surface area contributed by atoms with Gasteiger partial charge in [-0.1, -0.05) is 18.8 Å². The van der Waals surface area contributed by atoms with Gasteiger partial charge in [0, 0.05) is 39.3 Å². The Morgan fingerprint density at radius 2 is 1.48 bits per heavy atom. The van der Waals surface area contributed by atoms with Crippen molar-refractivity contribution in [3.8, 4) is 11.8 Å². The maximum Gasteiger partial charge on any atom is 0.298 e. The van der Waals surface area contributed by atoms with E-state index in [1.165, 1.54) is 12.8 Å². The van der Waals surface area contributed by atoms with Gasteiger partial charge < -0.3 is 9.80 Å². The van der Waals surface area contributed by atoms with Gasteiger partial charge >= 0.3 is 0 Å². The van der Waals surface area contributed by atoms with Gasteiger partial charge in [-0.15, -0.1) is 0 Å². The quantitative estimate of drug-likeness (QED) is 0.698. The summed E-state index contributed by atoms with van der Waals surface area (Å²) in [7, 11) is 0.